The van der Waals surface area contributed by atoms with Gasteiger partial charge in [0.1, 0.15) is 5.75 Å². The molecule has 0 fully saturated rings. The molecule has 2 aromatic rings. The Morgan fingerprint density at radius 3 is 2.91 bits per heavy atom. The Labute approximate surface area is 134 Å². The number of ether oxygens (including phenoxy) is 1. The molecule has 1 heterocycles. The highest BCUT2D eigenvalue weighted by Gasteiger charge is 2.11. The number of aromatic nitrogens is 2. The number of imidazole rings is 1. The van der Waals surface area contributed by atoms with Crippen LogP contribution in [-0.2, 0) is 11.8 Å². The molecule has 1 aromatic carbocycles. The molecular formula is C13H12ClF2N3O2S. The molecule has 1 N–H and O–H groups in total. The van der Waals surface area contributed by atoms with Gasteiger partial charge < -0.3 is 14.6 Å². The number of carbonyl (C=O) groups excluding carboxylic acids is 1. The fraction of sp³-hybridized carbons (Fsp3) is 0.231. The molecule has 0 aliphatic carbocycles. The number of nitrogens with zero attached hydrogens (tertiary/aromatic N) is 2. The topological polar surface area (TPSA) is 56.2 Å². The smallest absolute Gasteiger partial charge is 0.387 e. The SMILES string of the molecule is Cn1ccnc1SCC(=O)Nc1ccc(OC(F)F)c(Cl)c1. The van der Waals surface area contributed by atoms with Gasteiger partial charge in [0, 0.05) is 25.1 Å². The third-order valence-electron chi connectivity index (χ3n) is 2.54. The maximum Gasteiger partial charge on any atom is 0.387 e. The van der Waals surface area contributed by atoms with E-state index in [1.807, 2.05) is 7.05 Å². The number of nitrogens with one attached hydrogen (secondary N) is 1. The Bertz CT molecular complexity index is 666. The van der Waals surface area contributed by atoms with Crippen LogP contribution in [0.1, 0.15) is 0 Å². The van der Waals surface area contributed by atoms with Gasteiger partial charge >= 0.3 is 6.61 Å². The molecule has 5 nitrogen and oxygen atoms in total. The molecule has 0 atom stereocenters. The van der Waals surface area contributed by atoms with Gasteiger partial charge in [0.25, 0.3) is 0 Å². The fourth-order valence-corrected chi connectivity index (χ4v) is 2.55. The summed E-state index contributed by atoms with van der Waals surface area (Å²) in [5, 5.41) is 3.33. The Balaban J connectivity index is 1.91. The van der Waals surface area contributed by atoms with E-state index in [2.05, 4.69) is 15.0 Å². The predicted octanol–water partition coefficient (Wildman–Crippen LogP) is 3.41. The van der Waals surface area contributed by atoms with E-state index in [-0.39, 0.29) is 22.4 Å². The van der Waals surface area contributed by atoms with Gasteiger partial charge in [-0.3, -0.25) is 4.79 Å². The van der Waals surface area contributed by atoms with Crippen molar-refractivity contribution in [1.82, 2.24) is 9.55 Å². The van der Waals surface area contributed by atoms with Gasteiger partial charge in [-0.1, -0.05) is 23.4 Å². The Morgan fingerprint density at radius 2 is 2.32 bits per heavy atom. The molecule has 0 saturated heterocycles. The van der Waals surface area contributed by atoms with Gasteiger partial charge in [-0.15, -0.1) is 0 Å². The Kier molecular flexibility index (Phi) is 5.62. The number of rotatable bonds is 6. The van der Waals surface area contributed by atoms with Crippen molar-refractivity contribution in [3.8, 4) is 5.75 Å². The number of carbonyl (C=O) groups is 1. The second kappa shape index (κ2) is 7.46. The van der Waals surface area contributed by atoms with Crippen LogP contribution in [0.2, 0.25) is 5.02 Å². The van der Waals surface area contributed by atoms with Crippen molar-refractivity contribution >= 4 is 35.0 Å². The highest BCUT2D eigenvalue weighted by Crippen LogP contribution is 2.29. The lowest BCUT2D eigenvalue weighted by Gasteiger charge is -2.09. The van der Waals surface area contributed by atoms with Crippen molar-refractivity contribution in [2.75, 3.05) is 11.1 Å². The van der Waals surface area contributed by atoms with Crippen molar-refractivity contribution in [2.45, 2.75) is 11.8 Å². The van der Waals surface area contributed by atoms with Gasteiger partial charge in [0.05, 0.1) is 10.8 Å². The lowest BCUT2D eigenvalue weighted by Crippen LogP contribution is -2.14. The van der Waals surface area contributed by atoms with E-state index >= 15 is 0 Å². The standard InChI is InChI=1S/C13H12ClF2N3O2S/c1-19-5-4-17-13(19)22-7-11(20)18-8-2-3-10(9(14)6-8)21-12(15)16/h2-6,12H,7H2,1H3,(H,18,20). The maximum absolute atomic E-state index is 12.1. The number of halogens is 3. The van der Waals surface area contributed by atoms with Crippen LogP contribution in [0.3, 0.4) is 0 Å². The highest BCUT2D eigenvalue weighted by molar-refractivity contribution is 7.99. The molecule has 2 rings (SSSR count). The number of hydrogen-bond acceptors (Lipinski definition) is 4. The summed E-state index contributed by atoms with van der Waals surface area (Å²) in [4.78, 5) is 15.9. The van der Waals surface area contributed by atoms with Crippen molar-refractivity contribution in [2.24, 2.45) is 7.05 Å². The molecule has 0 aliphatic rings. The van der Waals surface area contributed by atoms with E-state index in [4.69, 9.17) is 11.6 Å². The molecule has 22 heavy (non-hydrogen) atoms. The van der Waals surface area contributed by atoms with Crippen molar-refractivity contribution < 1.29 is 18.3 Å². The molecule has 118 valence electrons. The molecule has 0 saturated carbocycles. The van der Waals surface area contributed by atoms with E-state index in [9.17, 15) is 13.6 Å². The zero-order valence-corrected chi connectivity index (χ0v) is 13.0. The average Bonchev–Trinajstić information content (AvgIpc) is 2.85. The minimum Gasteiger partial charge on any atom is -0.433 e. The number of thioether (sulfide) groups is 1. The van der Waals surface area contributed by atoms with Crippen molar-refractivity contribution in [3.63, 3.8) is 0 Å². The second-order valence-electron chi connectivity index (χ2n) is 4.18. The van der Waals surface area contributed by atoms with E-state index in [1.165, 1.54) is 30.0 Å². The molecule has 0 bridgehead atoms. The molecule has 1 amide bonds. The number of anilines is 1. The van der Waals surface area contributed by atoms with Crippen LogP contribution in [-0.4, -0.2) is 27.8 Å². The molecule has 0 aliphatic heterocycles. The second-order valence-corrected chi connectivity index (χ2v) is 5.53. The van der Waals surface area contributed by atoms with Crippen LogP contribution in [0.15, 0.2) is 35.7 Å². The summed E-state index contributed by atoms with van der Waals surface area (Å²) < 4.78 is 30.3. The molecular weight excluding hydrogens is 336 g/mol. The van der Waals surface area contributed by atoms with Gasteiger partial charge in [-0.2, -0.15) is 8.78 Å². The van der Waals surface area contributed by atoms with E-state index in [1.54, 1.807) is 17.0 Å². The minimum atomic E-state index is -2.95. The van der Waals surface area contributed by atoms with Crippen LogP contribution >= 0.6 is 23.4 Å². The highest BCUT2D eigenvalue weighted by atomic mass is 35.5. The summed E-state index contributed by atoms with van der Waals surface area (Å²) >= 11 is 7.09. The normalized spacial score (nSPS) is 10.8. The summed E-state index contributed by atoms with van der Waals surface area (Å²) in [5.74, 6) is -0.235. The molecule has 0 spiro atoms. The summed E-state index contributed by atoms with van der Waals surface area (Å²) in [7, 11) is 1.83. The lowest BCUT2D eigenvalue weighted by molar-refractivity contribution is -0.113. The van der Waals surface area contributed by atoms with Gasteiger partial charge in [0.2, 0.25) is 5.91 Å². The first-order valence-corrected chi connectivity index (χ1v) is 7.46. The van der Waals surface area contributed by atoms with E-state index < -0.39 is 6.61 Å². The largest absolute Gasteiger partial charge is 0.433 e. The fourth-order valence-electron chi connectivity index (χ4n) is 1.59. The first-order chi connectivity index (χ1) is 10.5. The molecule has 0 radical (unpaired) electrons. The molecule has 9 heteroatoms. The number of amides is 1. The van der Waals surface area contributed by atoms with Crippen LogP contribution < -0.4 is 10.1 Å². The van der Waals surface area contributed by atoms with Crippen LogP contribution in [0.5, 0.6) is 5.75 Å². The quantitative estimate of drug-likeness (QED) is 0.814. The molecule has 0 unspecified atom stereocenters. The van der Waals surface area contributed by atoms with Crippen LogP contribution in [0, 0.1) is 0 Å². The summed E-state index contributed by atoms with van der Waals surface area (Å²) in [6.07, 6.45) is 3.42. The third kappa shape index (κ3) is 4.60. The van der Waals surface area contributed by atoms with Crippen molar-refractivity contribution in [3.05, 3.63) is 35.6 Å². The van der Waals surface area contributed by atoms with Crippen molar-refractivity contribution in [1.29, 1.82) is 0 Å². The Morgan fingerprint density at radius 1 is 1.55 bits per heavy atom. The predicted molar refractivity (Wildman–Crippen MR) is 80.6 cm³/mol. The first-order valence-electron chi connectivity index (χ1n) is 6.10. The zero-order valence-electron chi connectivity index (χ0n) is 11.4. The number of aryl methyl sites for hydroxylation is 1. The average molecular weight is 348 g/mol. The van der Waals surface area contributed by atoms with Crippen LogP contribution in [0.25, 0.3) is 0 Å². The van der Waals surface area contributed by atoms with Gasteiger partial charge in [0.15, 0.2) is 5.16 Å². The number of hydrogen-bond donors (Lipinski definition) is 1. The van der Waals surface area contributed by atoms with Gasteiger partial charge in [-0.05, 0) is 18.2 Å². The third-order valence-corrected chi connectivity index (χ3v) is 3.89. The minimum absolute atomic E-state index is 0.00476. The summed E-state index contributed by atoms with van der Waals surface area (Å²) in [6.45, 7) is -2.95. The number of alkyl halides is 2. The Hall–Kier alpha value is -1.80. The zero-order chi connectivity index (χ0) is 16.1. The van der Waals surface area contributed by atoms with E-state index in [0.717, 1.165) is 0 Å². The monoisotopic (exact) mass is 347 g/mol. The van der Waals surface area contributed by atoms with Crippen LogP contribution in [0.4, 0.5) is 14.5 Å². The number of benzene rings is 1. The molecule has 1 aromatic heterocycles. The maximum atomic E-state index is 12.1. The first kappa shape index (κ1) is 16.6. The van der Waals surface area contributed by atoms with Gasteiger partial charge in [-0.25, -0.2) is 4.98 Å². The van der Waals surface area contributed by atoms with E-state index in [0.29, 0.717) is 10.8 Å². The summed E-state index contributed by atoms with van der Waals surface area (Å²) in [6, 6.07) is 4.06. The lowest BCUT2D eigenvalue weighted by atomic mass is 10.3. The summed E-state index contributed by atoms with van der Waals surface area (Å²) in [5.41, 5.74) is 0.400.